The van der Waals surface area contributed by atoms with Gasteiger partial charge in [-0.25, -0.2) is 0 Å². The van der Waals surface area contributed by atoms with Crippen LogP contribution in [0.3, 0.4) is 0 Å². The van der Waals surface area contributed by atoms with E-state index in [1.54, 1.807) is 7.11 Å². The van der Waals surface area contributed by atoms with Crippen LogP contribution in [0.4, 0.5) is 0 Å². The third-order valence-electron chi connectivity index (χ3n) is 3.62. The van der Waals surface area contributed by atoms with Crippen LogP contribution >= 0.6 is 0 Å². The molecule has 0 aromatic heterocycles. The van der Waals surface area contributed by atoms with E-state index in [0.717, 1.165) is 37.2 Å². The molecule has 1 aliphatic rings. The number of carbonyl (C=O) groups excluding carboxylic acids is 2. The van der Waals surface area contributed by atoms with Crippen molar-refractivity contribution in [2.75, 3.05) is 26.7 Å². The summed E-state index contributed by atoms with van der Waals surface area (Å²) < 4.78 is 5.08. The highest BCUT2D eigenvalue weighted by Crippen LogP contribution is 2.11. The van der Waals surface area contributed by atoms with Gasteiger partial charge in [0.15, 0.2) is 0 Å². The van der Waals surface area contributed by atoms with E-state index in [-0.39, 0.29) is 11.8 Å². The van der Waals surface area contributed by atoms with E-state index in [9.17, 15) is 9.59 Å². The van der Waals surface area contributed by atoms with Gasteiger partial charge in [-0.1, -0.05) is 12.1 Å². The average Bonchev–Trinajstić information content (AvgIpc) is 2.90. The molecule has 2 amide bonds. The van der Waals surface area contributed by atoms with Gasteiger partial charge in [-0.15, -0.1) is 0 Å². The van der Waals surface area contributed by atoms with Crippen LogP contribution in [0.15, 0.2) is 24.3 Å². The van der Waals surface area contributed by atoms with Gasteiger partial charge in [-0.2, -0.15) is 0 Å². The van der Waals surface area contributed by atoms with Gasteiger partial charge in [0.25, 0.3) is 0 Å². The largest absolute Gasteiger partial charge is 0.497 e. The molecule has 0 saturated carbocycles. The Bertz CT molecular complexity index is 485. The maximum atomic E-state index is 11.8. The Morgan fingerprint density at radius 3 is 2.71 bits per heavy atom. The van der Waals surface area contributed by atoms with Crippen molar-refractivity contribution in [1.82, 2.24) is 10.2 Å². The first-order valence-electron chi connectivity index (χ1n) is 7.36. The van der Waals surface area contributed by atoms with Crippen LogP contribution in [0.5, 0.6) is 5.75 Å². The fourth-order valence-electron chi connectivity index (χ4n) is 2.43. The number of hydrogen-bond acceptors (Lipinski definition) is 3. The van der Waals surface area contributed by atoms with E-state index in [1.807, 2.05) is 29.2 Å². The summed E-state index contributed by atoms with van der Waals surface area (Å²) in [6.07, 6.45) is 2.80. The van der Waals surface area contributed by atoms with E-state index in [2.05, 4.69) is 5.32 Å². The van der Waals surface area contributed by atoms with Crippen LogP contribution in [0.2, 0.25) is 0 Å². The maximum absolute atomic E-state index is 11.8. The normalized spacial score (nSPS) is 14.3. The molecule has 1 aromatic rings. The number of carbonyl (C=O) groups is 2. The summed E-state index contributed by atoms with van der Waals surface area (Å²) in [7, 11) is 1.62. The minimum atomic E-state index is 0.00733. The zero-order valence-corrected chi connectivity index (χ0v) is 12.4. The number of hydrogen-bond donors (Lipinski definition) is 1. The number of nitrogens with one attached hydrogen (secondary N) is 1. The first-order valence-corrected chi connectivity index (χ1v) is 7.36. The van der Waals surface area contributed by atoms with Crippen LogP contribution in [0.25, 0.3) is 0 Å². The van der Waals surface area contributed by atoms with Crippen LogP contribution < -0.4 is 10.1 Å². The van der Waals surface area contributed by atoms with Crippen LogP contribution in [-0.4, -0.2) is 43.5 Å². The molecular weight excluding hydrogens is 268 g/mol. The Labute approximate surface area is 125 Å². The maximum Gasteiger partial charge on any atom is 0.224 e. The monoisotopic (exact) mass is 290 g/mol. The summed E-state index contributed by atoms with van der Waals surface area (Å²) in [5.41, 5.74) is 0.961. The fraction of sp³-hybridized carbons (Fsp3) is 0.500. The summed E-state index contributed by atoms with van der Waals surface area (Å²) >= 11 is 0. The van der Waals surface area contributed by atoms with Crippen molar-refractivity contribution in [3.8, 4) is 5.75 Å². The van der Waals surface area contributed by atoms with Crippen molar-refractivity contribution in [2.45, 2.75) is 25.7 Å². The van der Waals surface area contributed by atoms with E-state index in [4.69, 9.17) is 4.74 Å². The van der Waals surface area contributed by atoms with E-state index in [0.29, 0.717) is 19.4 Å². The van der Waals surface area contributed by atoms with Crippen LogP contribution in [0.1, 0.15) is 24.8 Å². The molecule has 1 aliphatic heterocycles. The molecule has 114 valence electrons. The lowest BCUT2D eigenvalue weighted by molar-refractivity contribution is -0.127. The lowest BCUT2D eigenvalue weighted by Crippen LogP contribution is -2.31. The summed E-state index contributed by atoms with van der Waals surface area (Å²) in [4.78, 5) is 25.1. The van der Waals surface area contributed by atoms with Gasteiger partial charge < -0.3 is 15.0 Å². The molecule has 2 rings (SSSR count). The standard InChI is InChI=1S/C16H22N2O3/c1-21-14-7-5-13(6-8-14)12-15(19)17-9-3-11-18-10-2-4-16(18)20/h5-8H,2-4,9-12H2,1H3,(H,17,19). The molecular formula is C16H22N2O3. The predicted octanol–water partition coefficient (Wildman–Crippen LogP) is 1.37. The minimum Gasteiger partial charge on any atom is -0.497 e. The molecule has 0 atom stereocenters. The Morgan fingerprint density at radius 2 is 2.10 bits per heavy atom. The molecule has 5 nitrogen and oxygen atoms in total. The van der Waals surface area contributed by atoms with Crippen molar-refractivity contribution in [3.05, 3.63) is 29.8 Å². The lowest BCUT2D eigenvalue weighted by Gasteiger charge is -2.15. The number of ether oxygens (including phenoxy) is 1. The first-order chi connectivity index (χ1) is 10.2. The molecule has 1 fully saturated rings. The minimum absolute atomic E-state index is 0.00733. The predicted molar refractivity (Wildman–Crippen MR) is 80.1 cm³/mol. The Balaban J connectivity index is 1.63. The smallest absolute Gasteiger partial charge is 0.224 e. The summed E-state index contributed by atoms with van der Waals surface area (Å²) in [5, 5.41) is 2.89. The van der Waals surface area contributed by atoms with E-state index < -0.39 is 0 Å². The molecule has 0 aliphatic carbocycles. The highest BCUT2D eigenvalue weighted by molar-refractivity contribution is 5.79. The Kier molecular flexibility index (Phi) is 5.60. The SMILES string of the molecule is COc1ccc(CC(=O)NCCCN2CCCC2=O)cc1. The molecule has 1 N–H and O–H groups in total. The Morgan fingerprint density at radius 1 is 1.33 bits per heavy atom. The topological polar surface area (TPSA) is 58.6 Å². The third-order valence-corrected chi connectivity index (χ3v) is 3.62. The summed E-state index contributed by atoms with van der Waals surface area (Å²) in [6.45, 7) is 2.21. The van der Waals surface area contributed by atoms with Gasteiger partial charge in [0.05, 0.1) is 13.5 Å². The second-order valence-corrected chi connectivity index (χ2v) is 5.21. The molecule has 21 heavy (non-hydrogen) atoms. The van der Waals surface area contributed by atoms with Crippen molar-refractivity contribution in [1.29, 1.82) is 0 Å². The highest BCUT2D eigenvalue weighted by Gasteiger charge is 2.18. The molecule has 5 heteroatoms. The number of nitrogens with zero attached hydrogens (tertiary/aromatic N) is 1. The van der Waals surface area contributed by atoms with Gasteiger partial charge in [0, 0.05) is 26.1 Å². The van der Waals surface area contributed by atoms with Crippen molar-refractivity contribution < 1.29 is 14.3 Å². The number of amides is 2. The zero-order valence-electron chi connectivity index (χ0n) is 12.4. The Hall–Kier alpha value is -2.04. The fourth-order valence-corrected chi connectivity index (χ4v) is 2.43. The molecule has 0 unspecified atom stereocenters. The van der Waals surface area contributed by atoms with Crippen molar-refractivity contribution in [2.24, 2.45) is 0 Å². The average molecular weight is 290 g/mol. The third kappa shape index (κ3) is 4.77. The summed E-state index contributed by atoms with van der Waals surface area (Å²) in [5.74, 6) is 1.03. The highest BCUT2D eigenvalue weighted by atomic mass is 16.5. The molecule has 1 aromatic carbocycles. The molecule has 0 bridgehead atoms. The summed E-state index contributed by atoms with van der Waals surface area (Å²) in [6, 6.07) is 7.48. The number of likely N-dealkylation sites (tertiary alicyclic amines) is 1. The van der Waals surface area contributed by atoms with Gasteiger partial charge in [-0.05, 0) is 30.5 Å². The van der Waals surface area contributed by atoms with E-state index in [1.165, 1.54) is 0 Å². The second kappa shape index (κ2) is 7.67. The van der Waals surface area contributed by atoms with Gasteiger partial charge in [0.1, 0.15) is 5.75 Å². The van der Waals surface area contributed by atoms with Crippen LogP contribution in [-0.2, 0) is 16.0 Å². The first kappa shape index (κ1) is 15.4. The van der Waals surface area contributed by atoms with Gasteiger partial charge in [-0.3, -0.25) is 9.59 Å². The van der Waals surface area contributed by atoms with Gasteiger partial charge in [0.2, 0.25) is 11.8 Å². The second-order valence-electron chi connectivity index (χ2n) is 5.21. The lowest BCUT2D eigenvalue weighted by atomic mass is 10.1. The van der Waals surface area contributed by atoms with Gasteiger partial charge >= 0.3 is 0 Å². The zero-order chi connectivity index (χ0) is 15.1. The van der Waals surface area contributed by atoms with Crippen molar-refractivity contribution >= 4 is 11.8 Å². The quantitative estimate of drug-likeness (QED) is 0.772. The van der Waals surface area contributed by atoms with E-state index >= 15 is 0 Å². The molecule has 1 heterocycles. The number of benzene rings is 1. The van der Waals surface area contributed by atoms with Crippen LogP contribution in [0, 0.1) is 0 Å². The number of rotatable bonds is 7. The molecule has 0 radical (unpaired) electrons. The number of methoxy groups -OCH3 is 1. The molecule has 0 spiro atoms. The molecule has 1 saturated heterocycles. The van der Waals surface area contributed by atoms with Crippen molar-refractivity contribution in [3.63, 3.8) is 0 Å².